The molecule has 1 aliphatic rings. The summed E-state index contributed by atoms with van der Waals surface area (Å²) in [6.45, 7) is 5.28. The van der Waals surface area contributed by atoms with Gasteiger partial charge in [0.2, 0.25) is 5.91 Å². The fraction of sp³-hybridized carbons (Fsp3) is 0.471. The number of anilines is 1. The molecule has 3 heterocycles. The Morgan fingerprint density at radius 2 is 2.12 bits per heavy atom. The van der Waals surface area contributed by atoms with Gasteiger partial charge in [-0.05, 0) is 30.9 Å². The molecule has 2 aromatic rings. The van der Waals surface area contributed by atoms with Crippen LogP contribution in [-0.4, -0.2) is 34.8 Å². The minimum absolute atomic E-state index is 0.00949. The Morgan fingerprint density at radius 1 is 1.38 bits per heavy atom. The molecule has 2 aromatic heterocycles. The first kappa shape index (κ1) is 16.7. The van der Waals surface area contributed by atoms with Gasteiger partial charge in [-0.15, -0.1) is 11.3 Å². The molecular formula is C17H21N3O3S. The molecule has 7 heteroatoms. The number of carbonyl (C=O) groups excluding carboxylic acids is 2. The SMILES string of the molecule is CC(C)c1csc(NC(=O)C2CCN(C(=O)c3ccco3)CC2)n1. The van der Waals surface area contributed by atoms with Crippen LogP contribution in [0.3, 0.4) is 0 Å². The van der Waals surface area contributed by atoms with Crippen LogP contribution in [-0.2, 0) is 4.79 Å². The molecule has 1 N–H and O–H groups in total. The van der Waals surface area contributed by atoms with E-state index >= 15 is 0 Å². The first-order valence-electron chi connectivity index (χ1n) is 8.13. The van der Waals surface area contributed by atoms with E-state index in [-0.39, 0.29) is 17.7 Å². The molecule has 0 aliphatic carbocycles. The van der Waals surface area contributed by atoms with Crippen LogP contribution in [0.1, 0.15) is 48.9 Å². The number of nitrogens with one attached hydrogen (secondary N) is 1. The molecule has 0 bridgehead atoms. The highest BCUT2D eigenvalue weighted by Crippen LogP contribution is 2.24. The lowest BCUT2D eigenvalue weighted by atomic mass is 9.96. The summed E-state index contributed by atoms with van der Waals surface area (Å²) in [5.41, 5.74) is 0.995. The van der Waals surface area contributed by atoms with Crippen molar-refractivity contribution in [2.45, 2.75) is 32.6 Å². The number of amides is 2. The maximum atomic E-state index is 12.4. The van der Waals surface area contributed by atoms with Gasteiger partial charge in [-0.1, -0.05) is 13.8 Å². The van der Waals surface area contributed by atoms with Crippen LogP contribution in [0.25, 0.3) is 0 Å². The fourth-order valence-corrected chi connectivity index (χ4v) is 3.59. The zero-order valence-electron chi connectivity index (χ0n) is 13.8. The van der Waals surface area contributed by atoms with E-state index in [0.717, 1.165) is 5.69 Å². The average molecular weight is 347 g/mol. The molecule has 24 heavy (non-hydrogen) atoms. The summed E-state index contributed by atoms with van der Waals surface area (Å²) in [5.74, 6) is 0.492. The highest BCUT2D eigenvalue weighted by atomic mass is 32.1. The van der Waals surface area contributed by atoms with Crippen molar-refractivity contribution in [2.24, 2.45) is 5.92 Å². The first-order chi connectivity index (χ1) is 11.5. The highest BCUT2D eigenvalue weighted by Gasteiger charge is 2.29. The summed E-state index contributed by atoms with van der Waals surface area (Å²) in [6, 6.07) is 3.36. The van der Waals surface area contributed by atoms with Crippen LogP contribution in [0.4, 0.5) is 5.13 Å². The van der Waals surface area contributed by atoms with Gasteiger partial charge in [-0.2, -0.15) is 0 Å². The minimum atomic E-state index is -0.111. The fourth-order valence-electron chi connectivity index (χ4n) is 2.72. The Balaban J connectivity index is 1.52. The van der Waals surface area contributed by atoms with Gasteiger partial charge in [0.1, 0.15) is 0 Å². The van der Waals surface area contributed by atoms with E-state index in [4.69, 9.17) is 4.42 Å². The van der Waals surface area contributed by atoms with Crippen molar-refractivity contribution in [1.82, 2.24) is 9.88 Å². The number of hydrogen-bond donors (Lipinski definition) is 1. The van der Waals surface area contributed by atoms with E-state index in [1.54, 1.807) is 17.0 Å². The van der Waals surface area contributed by atoms with Gasteiger partial charge in [-0.3, -0.25) is 9.59 Å². The normalized spacial score (nSPS) is 15.7. The minimum Gasteiger partial charge on any atom is -0.459 e. The molecule has 0 atom stereocenters. The van der Waals surface area contributed by atoms with Crippen LogP contribution < -0.4 is 5.32 Å². The Hall–Kier alpha value is -2.15. The lowest BCUT2D eigenvalue weighted by molar-refractivity contribution is -0.121. The van der Waals surface area contributed by atoms with Gasteiger partial charge in [-0.25, -0.2) is 4.98 Å². The molecule has 3 rings (SSSR count). The van der Waals surface area contributed by atoms with Crippen molar-refractivity contribution in [3.05, 3.63) is 35.2 Å². The summed E-state index contributed by atoms with van der Waals surface area (Å²) < 4.78 is 5.15. The van der Waals surface area contributed by atoms with Crippen molar-refractivity contribution in [3.63, 3.8) is 0 Å². The smallest absolute Gasteiger partial charge is 0.289 e. The Kier molecular flexibility index (Phi) is 4.99. The van der Waals surface area contributed by atoms with E-state index in [2.05, 4.69) is 24.1 Å². The monoisotopic (exact) mass is 347 g/mol. The molecule has 1 fully saturated rings. The van der Waals surface area contributed by atoms with Crippen molar-refractivity contribution < 1.29 is 14.0 Å². The molecule has 128 valence electrons. The van der Waals surface area contributed by atoms with Gasteiger partial charge >= 0.3 is 0 Å². The number of rotatable bonds is 4. The van der Waals surface area contributed by atoms with Gasteiger partial charge in [0.15, 0.2) is 10.9 Å². The van der Waals surface area contributed by atoms with Crippen molar-refractivity contribution in [3.8, 4) is 0 Å². The van der Waals surface area contributed by atoms with Crippen LogP contribution >= 0.6 is 11.3 Å². The zero-order chi connectivity index (χ0) is 17.1. The van der Waals surface area contributed by atoms with E-state index < -0.39 is 0 Å². The second-order valence-corrected chi connectivity index (χ2v) is 7.12. The van der Waals surface area contributed by atoms with Gasteiger partial charge < -0.3 is 14.6 Å². The maximum Gasteiger partial charge on any atom is 0.289 e. The standard InChI is InChI=1S/C17H21N3O3S/c1-11(2)13-10-24-17(18-13)19-15(21)12-5-7-20(8-6-12)16(22)14-4-3-9-23-14/h3-4,9-12H,5-8H2,1-2H3,(H,18,19,21). The number of piperidine rings is 1. The molecule has 2 amide bonds. The van der Waals surface area contributed by atoms with E-state index in [1.165, 1.54) is 17.6 Å². The summed E-state index contributed by atoms with van der Waals surface area (Å²) in [5, 5.41) is 5.53. The van der Waals surface area contributed by atoms with Gasteiger partial charge in [0, 0.05) is 24.4 Å². The molecule has 6 nitrogen and oxygen atoms in total. The largest absolute Gasteiger partial charge is 0.459 e. The maximum absolute atomic E-state index is 12.4. The first-order valence-corrected chi connectivity index (χ1v) is 9.01. The Morgan fingerprint density at radius 3 is 2.71 bits per heavy atom. The lowest BCUT2D eigenvalue weighted by Gasteiger charge is -2.30. The molecule has 0 unspecified atom stereocenters. The molecule has 0 aromatic carbocycles. The highest BCUT2D eigenvalue weighted by molar-refractivity contribution is 7.13. The van der Waals surface area contributed by atoms with Gasteiger partial charge in [0.25, 0.3) is 5.91 Å². The molecule has 1 saturated heterocycles. The molecule has 0 spiro atoms. The van der Waals surface area contributed by atoms with Crippen molar-refractivity contribution in [1.29, 1.82) is 0 Å². The Bertz CT molecular complexity index is 700. The number of aromatic nitrogens is 1. The second kappa shape index (κ2) is 7.17. The number of hydrogen-bond acceptors (Lipinski definition) is 5. The Labute approximate surface area is 144 Å². The van der Waals surface area contributed by atoms with E-state index in [0.29, 0.717) is 42.7 Å². The van der Waals surface area contributed by atoms with Crippen molar-refractivity contribution >= 4 is 28.3 Å². The number of furan rings is 1. The third kappa shape index (κ3) is 3.67. The predicted molar refractivity (Wildman–Crippen MR) is 92.2 cm³/mol. The number of thiazole rings is 1. The molecule has 1 aliphatic heterocycles. The third-order valence-corrected chi connectivity index (χ3v) is 5.00. The van der Waals surface area contributed by atoms with E-state index in [1.807, 2.05) is 5.38 Å². The topological polar surface area (TPSA) is 75.4 Å². The van der Waals surface area contributed by atoms with Crippen LogP contribution in [0.15, 0.2) is 28.2 Å². The summed E-state index contributed by atoms with van der Waals surface area (Å²) in [4.78, 5) is 30.8. The van der Waals surface area contributed by atoms with Crippen LogP contribution in [0.5, 0.6) is 0 Å². The van der Waals surface area contributed by atoms with Crippen LogP contribution in [0.2, 0.25) is 0 Å². The summed E-state index contributed by atoms with van der Waals surface area (Å²) >= 11 is 1.45. The predicted octanol–water partition coefficient (Wildman–Crippen LogP) is 3.35. The second-order valence-electron chi connectivity index (χ2n) is 6.27. The molecule has 0 radical (unpaired) electrons. The molecule has 0 saturated carbocycles. The number of likely N-dealkylation sites (tertiary alicyclic amines) is 1. The average Bonchev–Trinajstić information content (AvgIpc) is 3.26. The third-order valence-electron chi connectivity index (χ3n) is 4.23. The van der Waals surface area contributed by atoms with Gasteiger partial charge in [0.05, 0.1) is 12.0 Å². The number of carbonyl (C=O) groups is 2. The van der Waals surface area contributed by atoms with Crippen LogP contribution in [0, 0.1) is 5.92 Å². The molecular weight excluding hydrogens is 326 g/mol. The van der Waals surface area contributed by atoms with Crippen molar-refractivity contribution in [2.75, 3.05) is 18.4 Å². The quantitative estimate of drug-likeness (QED) is 0.920. The summed E-state index contributed by atoms with van der Waals surface area (Å²) in [7, 11) is 0. The zero-order valence-corrected chi connectivity index (χ0v) is 14.6. The lowest BCUT2D eigenvalue weighted by Crippen LogP contribution is -2.41. The van der Waals surface area contributed by atoms with E-state index in [9.17, 15) is 9.59 Å². The summed E-state index contributed by atoms with van der Waals surface area (Å²) in [6.07, 6.45) is 2.80. The number of nitrogens with zero attached hydrogens (tertiary/aromatic N) is 2.